The minimum atomic E-state index is 0.0977. The number of nitrogens with zero attached hydrogens (tertiary/aromatic N) is 3. The van der Waals surface area contributed by atoms with E-state index in [1.165, 1.54) is 77.7 Å². The molecule has 0 amide bonds. The monoisotopic (exact) mass is 623 g/mol. The van der Waals surface area contributed by atoms with Crippen LogP contribution in [0.4, 0.5) is 0 Å². The third kappa shape index (κ3) is 12.0. The Morgan fingerprint density at radius 1 is 0.841 bits per heavy atom. The average Bonchev–Trinajstić information content (AvgIpc) is 3.68. The van der Waals surface area contributed by atoms with Crippen molar-refractivity contribution in [2.45, 2.75) is 110 Å². The van der Waals surface area contributed by atoms with Crippen LogP contribution in [0.5, 0.6) is 0 Å². The maximum atomic E-state index is 6.71. The van der Waals surface area contributed by atoms with Gasteiger partial charge in [-0.25, -0.2) is 0 Å². The zero-order valence-corrected chi connectivity index (χ0v) is 29.5. The Balaban J connectivity index is 1.25. The van der Waals surface area contributed by atoms with Crippen LogP contribution in [0.25, 0.3) is 0 Å². The second-order valence-corrected chi connectivity index (χ2v) is 15.4. The molecule has 5 unspecified atom stereocenters. The second kappa shape index (κ2) is 19.5. The largest absolute Gasteiger partial charge is 0.385 e. The van der Waals surface area contributed by atoms with E-state index in [0.29, 0.717) is 42.5 Å². The van der Waals surface area contributed by atoms with Gasteiger partial charge in [0.25, 0.3) is 0 Å². The number of rotatable bonds is 19. The van der Waals surface area contributed by atoms with Crippen LogP contribution in [-0.4, -0.2) is 132 Å². The van der Waals surface area contributed by atoms with Crippen molar-refractivity contribution < 1.29 is 18.9 Å². The van der Waals surface area contributed by atoms with Crippen molar-refractivity contribution in [3.63, 3.8) is 0 Å². The summed E-state index contributed by atoms with van der Waals surface area (Å²) in [6, 6.07) is 1.14. The number of methoxy groups -OCH3 is 1. The van der Waals surface area contributed by atoms with Gasteiger partial charge in [-0.1, -0.05) is 34.6 Å². The zero-order valence-electron chi connectivity index (χ0n) is 29.5. The van der Waals surface area contributed by atoms with Crippen molar-refractivity contribution in [2.24, 2.45) is 29.6 Å². The first-order chi connectivity index (χ1) is 21.3. The molecule has 8 nitrogen and oxygen atoms in total. The third-order valence-electron chi connectivity index (χ3n) is 11.1. The lowest BCUT2D eigenvalue weighted by Crippen LogP contribution is -2.50. The number of hydrogen-bond donors (Lipinski definition) is 1. The van der Waals surface area contributed by atoms with Gasteiger partial charge < -0.3 is 29.2 Å². The second-order valence-electron chi connectivity index (χ2n) is 15.4. The fourth-order valence-corrected chi connectivity index (χ4v) is 8.01. The maximum Gasteiger partial charge on any atom is 0.134 e. The van der Waals surface area contributed by atoms with Gasteiger partial charge in [0.05, 0.1) is 25.9 Å². The first kappa shape index (κ1) is 36.5. The third-order valence-corrected chi connectivity index (χ3v) is 11.1. The van der Waals surface area contributed by atoms with E-state index in [2.05, 4.69) is 54.6 Å². The van der Waals surface area contributed by atoms with Crippen molar-refractivity contribution >= 4 is 0 Å². The van der Waals surface area contributed by atoms with Crippen LogP contribution < -0.4 is 5.32 Å². The fraction of sp³-hybridized carbons (Fsp3) is 1.00. The summed E-state index contributed by atoms with van der Waals surface area (Å²) in [5, 5.41) is 3.95. The van der Waals surface area contributed by atoms with Gasteiger partial charge in [0.2, 0.25) is 0 Å². The summed E-state index contributed by atoms with van der Waals surface area (Å²) in [4.78, 5) is 8.03. The molecule has 3 aliphatic heterocycles. The van der Waals surface area contributed by atoms with E-state index >= 15 is 0 Å². The Labute approximate surface area is 271 Å². The van der Waals surface area contributed by atoms with E-state index in [9.17, 15) is 0 Å². The molecule has 258 valence electrons. The van der Waals surface area contributed by atoms with Gasteiger partial charge in [0.15, 0.2) is 0 Å². The van der Waals surface area contributed by atoms with Crippen LogP contribution in [0.3, 0.4) is 0 Å². The zero-order chi connectivity index (χ0) is 31.3. The van der Waals surface area contributed by atoms with Gasteiger partial charge >= 0.3 is 0 Å². The molecule has 0 spiro atoms. The number of likely N-dealkylation sites (tertiary alicyclic amines) is 2. The fourth-order valence-electron chi connectivity index (χ4n) is 8.01. The molecular weight excluding hydrogens is 552 g/mol. The molecule has 6 atom stereocenters. The lowest BCUT2D eigenvalue weighted by molar-refractivity contribution is -0.149. The SMILES string of the molecule is COCCCOC1CCC(NCC(C)C(C)CN2CC(C(C)CN3CCCC3)C[C@@H]2COC2COCCN2CC(C)C)CC1. The summed E-state index contributed by atoms with van der Waals surface area (Å²) in [7, 11) is 1.76. The van der Waals surface area contributed by atoms with Crippen LogP contribution in [0.15, 0.2) is 0 Å². The minimum absolute atomic E-state index is 0.0977. The number of morpholine rings is 1. The van der Waals surface area contributed by atoms with Crippen LogP contribution >= 0.6 is 0 Å². The average molecular weight is 623 g/mol. The molecule has 1 aliphatic carbocycles. The van der Waals surface area contributed by atoms with Crippen LogP contribution in [0, 0.1) is 29.6 Å². The molecule has 1 N–H and O–H groups in total. The quantitative estimate of drug-likeness (QED) is 0.203. The summed E-state index contributed by atoms with van der Waals surface area (Å²) in [6.07, 6.45) is 10.4. The van der Waals surface area contributed by atoms with E-state index < -0.39 is 0 Å². The van der Waals surface area contributed by atoms with Gasteiger partial charge in [-0.2, -0.15) is 0 Å². The van der Waals surface area contributed by atoms with Crippen molar-refractivity contribution in [1.29, 1.82) is 0 Å². The highest BCUT2D eigenvalue weighted by atomic mass is 16.6. The number of ether oxygens (including phenoxy) is 4. The molecule has 4 rings (SSSR count). The molecular formula is C36H70N4O4. The topological polar surface area (TPSA) is 58.7 Å². The predicted molar refractivity (Wildman–Crippen MR) is 180 cm³/mol. The van der Waals surface area contributed by atoms with Gasteiger partial charge in [-0.05, 0) is 101 Å². The normalized spacial score (nSPS) is 31.6. The molecule has 0 aromatic rings. The van der Waals surface area contributed by atoms with E-state index in [1.54, 1.807) is 7.11 Å². The number of nitrogens with one attached hydrogen (secondary N) is 1. The molecule has 0 radical (unpaired) electrons. The molecule has 44 heavy (non-hydrogen) atoms. The van der Waals surface area contributed by atoms with Crippen molar-refractivity contribution in [3.8, 4) is 0 Å². The van der Waals surface area contributed by atoms with Gasteiger partial charge in [0.1, 0.15) is 6.23 Å². The standard InChI is InChI=1S/C36H70N4O4/c1-28(2)22-39-16-19-42-27-36(39)44-26-34-20-32(31(5)23-38-14-7-8-15-38)25-40(34)24-30(4)29(3)21-37-33-10-12-35(13-11-33)43-18-9-17-41-6/h28-37H,7-27H2,1-6H3/t29?,30?,31?,32?,33?,34-,35?,36?/m1/s1. The van der Waals surface area contributed by atoms with Crippen LogP contribution in [0.2, 0.25) is 0 Å². The molecule has 8 heteroatoms. The van der Waals surface area contributed by atoms with Gasteiger partial charge in [0, 0.05) is 65.1 Å². The minimum Gasteiger partial charge on any atom is -0.385 e. The number of hydrogen-bond acceptors (Lipinski definition) is 8. The molecule has 3 heterocycles. The summed E-state index contributed by atoms with van der Waals surface area (Å²) < 4.78 is 23.8. The summed E-state index contributed by atoms with van der Waals surface area (Å²) in [5.74, 6) is 3.43. The van der Waals surface area contributed by atoms with E-state index in [4.69, 9.17) is 18.9 Å². The lowest BCUT2D eigenvalue weighted by atomic mass is 9.91. The van der Waals surface area contributed by atoms with Crippen molar-refractivity contribution in [2.75, 3.05) is 92.5 Å². The molecule has 1 saturated carbocycles. The Kier molecular flexibility index (Phi) is 16.2. The molecule has 0 aromatic carbocycles. The Morgan fingerprint density at radius 2 is 1.61 bits per heavy atom. The first-order valence-corrected chi connectivity index (χ1v) is 18.6. The van der Waals surface area contributed by atoms with E-state index in [0.717, 1.165) is 64.3 Å². The summed E-state index contributed by atoms with van der Waals surface area (Å²) in [5.41, 5.74) is 0. The Morgan fingerprint density at radius 3 is 2.34 bits per heavy atom. The van der Waals surface area contributed by atoms with Crippen LogP contribution in [-0.2, 0) is 18.9 Å². The van der Waals surface area contributed by atoms with Gasteiger partial charge in [-0.15, -0.1) is 0 Å². The lowest BCUT2D eigenvalue weighted by Gasteiger charge is -2.38. The summed E-state index contributed by atoms with van der Waals surface area (Å²) in [6.45, 7) is 25.5. The summed E-state index contributed by atoms with van der Waals surface area (Å²) >= 11 is 0. The molecule has 0 bridgehead atoms. The Hall–Kier alpha value is -0.320. The first-order valence-electron chi connectivity index (χ1n) is 18.6. The highest BCUT2D eigenvalue weighted by molar-refractivity contribution is 4.90. The smallest absolute Gasteiger partial charge is 0.134 e. The maximum absolute atomic E-state index is 6.71. The Bertz CT molecular complexity index is 760. The van der Waals surface area contributed by atoms with Crippen molar-refractivity contribution in [1.82, 2.24) is 20.0 Å². The van der Waals surface area contributed by atoms with Gasteiger partial charge in [-0.3, -0.25) is 9.80 Å². The molecule has 0 aromatic heterocycles. The van der Waals surface area contributed by atoms with E-state index in [1.807, 2.05) is 0 Å². The predicted octanol–water partition coefficient (Wildman–Crippen LogP) is 4.97. The molecule has 4 aliphatic rings. The van der Waals surface area contributed by atoms with Crippen molar-refractivity contribution in [3.05, 3.63) is 0 Å². The highest BCUT2D eigenvalue weighted by Gasteiger charge is 2.38. The highest BCUT2D eigenvalue weighted by Crippen LogP contribution is 2.32. The van der Waals surface area contributed by atoms with Crippen LogP contribution in [0.1, 0.15) is 86.0 Å². The van der Waals surface area contributed by atoms with E-state index in [-0.39, 0.29) is 6.23 Å². The molecule has 4 fully saturated rings. The molecule has 3 saturated heterocycles.